The standard InChI is InChI=1S/C21H23F3N8O3S/c1-12-9-26-16(18(29-12)32(3)36(4,34)35)11-27-17-15(21(22,23)24)10-28-20(31-17)30-14-7-5-13(6-8-14)19(33)25-2/h5-10H,11H2,1-4H3,(H,25,33)(H2,27,28,30,31)/i5D,6D,7D,8D,9D,11D2. The molecule has 0 aliphatic carbocycles. The highest BCUT2D eigenvalue weighted by Crippen LogP contribution is 2.34. The number of rotatable bonds is 8. The second kappa shape index (κ2) is 10.3. The summed E-state index contributed by atoms with van der Waals surface area (Å²) in [5, 5.41) is 6.36. The highest BCUT2D eigenvalue weighted by Gasteiger charge is 2.35. The molecule has 0 aliphatic heterocycles. The molecule has 0 spiro atoms. The SMILES string of the molecule is [2H]c1nc(C([2H])([2H])Nc2nc(Nc3c([2H])c([2H])c(C(=O)NC)c([2H])c3[2H])ncc2C(F)(F)F)c(N(C)S(C)(=O)=O)nc1C. The first-order valence-electron chi connectivity index (χ1n) is 13.2. The lowest BCUT2D eigenvalue weighted by molar-refractivity contribution is -0.137. The molecule has 192 valence electrons. The zero-order chi connectivity index (χ0) is 32.8. The Morgan fingerprint density at radius 3 is 2.44 bits per heavy atom. The van der Waals surface area contributed by atoms with Gasteiger partial charge in [-0.15, -0.1) is 0 Å². The van der Waals surface area contributed by atoms with E-state index in [0.717, 1.165) is 13.3 Å². The van der Waals surface area contributed by atoms with Gasteiger partial charge in [-0.1, -0.05) is 0 Å². The molecule has 0 fully saturated rings. The molecule has 0 saturated carbocycles. The Morgan fingerprint density at radius 2 is 1.86 bits per heavy atom. The van der Waals surface area contributed by atoms with Gasteiger partial charge in [0.05, 0.1) is 28.0 Å². The molecule has 36 heavy (non-hydrogen) atoms. The van der Waals surface area contributed by atoms with Gasteiger partial charge in [0, 0.05) is 37.7 Å². The minimum Gasteiger partial charge on any atom is -0.364 e. The van der Waals surface area contributed by atoms with Crippen LogP contribution >= 0.6 is 0 Å². The Hall–Kier alpha value is -4.01. The molecule has 3 aromatic rings. The molecule has 0 aliphatic rings. The molecular weight excluding hydrogens is 501 g/mol. The largest absolute Gasteiger partial charge is 0.421 e. The molecule has 0 saturated heterocycles. The zero-order valence-corrected chi connectivity index (χ0v) is 19.9. The predicted octanol–water partition coefficient (Wildman–Crippen LogP) is 2.70. The van der Waals surface area contributed by atoms with Crippen LogP contribution in [0.25, 0.3) is 0 Å². The van der Waals surface area contributed by atoms with Crippen molar-refractivity contribution in [2.45, 2.75) is 19.6 Å². The molecular formula is C21H23F3N8O3S. The van der Waals surface area contributed by atoms with Crippen LogP contribution in [0.3, 0.4) is 0 Å². The fourth-order valence-corrected chi connectivity index (χ4v) is 2.91. The van der Waals surface area contributed by atoms with Crippen LogP contribution in [0.1, 0.15) is 36.9 Å². The number of aryl methyl sites for hydroxylation is 1. The summed E-state index contributed by atoms with van der Waals surface area (Å²) in [6.07, 6.45) is -4.72. The highest BCUT2D eigenvalue weighted by molar-refractivity contribution is 7.92. The number of aromatic nitrogens is 4. The van der Waals surface area contributed by atoms with Crippen LogP contribution in [0.2, 0.25) is 0 Å². The van der Waals surface area contributed by atoms with Crippen molar-refractivity contribution < 1.29 is 36.0 Å². The van der Waals surface area contributed by atoms with Gasteiger partial charge in [0.2, 0.25) is 16.0 Å². The molecule has 2 aromatic heterocycles. The molecule has 1 aromatic carbocycles. The second-order valence-corrected chi connectivity index (χ2v) is 9.00. The number of carbonyl (C=O) groups excluding carboxylic acids is 1. The van der Waals surface area contributed by atoms with Crippen molar-refractivity contribution in [3.8, 4) is 0 Å². The minimum atomic E-state index is -5.15. The van der Waals surface area contributed by atoms with Gasteiger partial charge in [0.25, 0.3) is 5.91 Å². The smallest absolute Gasteiger partial charge is 0.364 e. The highest BCUT2D eigenvalue weighted by atomic mass is 32.2. The van der Waals surface area contributed by atoms with E-state index in [2.05, 4.69) is 30.6 Å². The number of hydrogen-bond acceptors (Lipinski definition) is 9. The summed E-state index contributed by atoms with van der Waals surface area (Å²) in [6, 6.07) is -3.09. The first-order valence-corrected chi connectivity index (χ1v) is 11.6. The van der Waals surface area contributed by atoms with Gasteiger partial charge >= 0.3 is 6.18 Å². The maximum Gasteiger partial charge on any atom is 0.421 e. The van der Waals surface area contributed by atoms with Crippen molar-refractivity contribution in [1.29, 1.82) is 0 Å². The molecule has 0 unspecified atom stereocenters. The number of anilines is 4. The summed E-state index contributed by atoms with van der Waals surface area (Å²) < 4.78 is 124. The van der Waals surface area contributed by atoms with Crippen LogP contribution in [-0.4, -0.2) is 54.6 Å². The Labute approximate surface area is 215 Å². The fourth-order valence-electron chi connectivity index (χ4n) is 2.47. The third-order valence-electron chi connectivity index (χ3n) is 4.32. The van der Waals surface area contributed by atoms with Gasteiger partial charge in [-0.2, -0.15) is 18.2 Å². The van der Waals surface area contributed by atoms with Crippen LogP contribution in [0.5, 0.6) is 0 Å². The number of amides is 1. The number of hydrogen-bond donors (Lipinski definition) is 3. The summed E-state index contributed by atoms with van der Waals surface area (Å²) in [4.78, 5) is 26.8. The summed E-state index contributed by atoms with van der Waals surface area (Å²) in [6.45, 7) is -1.85. The molecule has 3 N–H and O–H groups in total. The Balaban J connectivity index is 2.18. The number of alkyl halides is 3. The molecule has 0 bridgehead atoms. The van der Waals surface area contributed by atoms with Crippen molar-refractivity contribution in [2.24, 2.45) is 0 Å². The van der Waals surface area contributed by atoms with E-state index in [1.54, 1.807) is 0 Å². The predicted molar refractivity (Wildman–Crippen MR) is 127 cm³/mol. The third kappa shape index (κ3) is 6.35. The van der Waals surface area contributed by atoms with Gasteiger partial charge in [-0.25, -0.2) is 18.4 Å². The van der Waals surface area contributed by atoms with Crippen molar-refractivity contribution in [1.82, 2.24) is 25.3 Å². The summed E-state index contributed by atoms with van der Waals surface area (Å²) in [5.74, 6) is -3.47. The van der Waals surface area contributed by atoms with Crippen molar-refractivity contribution in [3.63, 3.8) is 0 Å². The normalized spacial score (nSPS) is 14.8. The lowest BCUT2D eigenvalue weighted by atomic mass is 10.2. The molecule has 3 rings (SSSR count). The maximum atomic E-state index is 13.9. The maximum absolute atomic E-state index is 13.9. The lowest BCUT2D eigenvalue weighted by Gasteiger charge is -2.20. The van der Waals surface area contributed by atoms with E-state index in [9.17, 15) is 26.4 Å². The van der Waals surface area contributed by atoms with Gasteiger partial charge < -0.3 is 16.0 Å². The topological polar surface area (TPSA) is 142 Å². The number of carbonyl (C=O) groups is 1. The Kier molecular flexibility index (Phi) is 5.24. The molecule has 1 amide bonds. The van der Waals surface area contributed by atoms with E-state index in [1.165, 1.54) is 14.0 Å². The Morgan fingerprint density at radius 1 is 1.19 bits per heavy atom. The van der Waals surface area contributed by atoms with Crippen LogP contribution in [0.4, 0.5) is 36.4 Å². The second-order valence-electron chi connectivity index (χ2n) is 6.98. The first kappa shape index (κ1) is 18.3. The molecule has 0 atom stereocenters. The first-order chi connectivity index (χ1) is 19.6. The van der Waals surface area contributed by atoms with Gasteiger partial charge in [-0.05, 0) is 31.1 Å². The van der Waals surface area contributed by atoms with Gasteiger partial charge in [0.1, 0.15) is 17.1 Å². The van der Waals surface area contributed by atoms with Gasteiger partial charge in [0.15, 0.2) is 5.82 Å². The van der Waals surface area contributed by atoms with E-state index in [4.69, 9.17) is 9.60 Å². The third-order valence-corrected chi connectivity index (χ3v) is 5.49. The molecule has 11 nitrogen and oxygen atoms in total. The number of nitrogens with zero attached hydrogens (tertiary/aromatic N) is 5. The zero-order valence-electron chi connectivity index (χ0n) is 26.1. The summed E-state index contributed by atoms with van der Waals surface area (Å²) in [5.41, 5.74) is -3.73. The monoisotopic (exact) mass is 531 g/mol. The van der Waals surface area contributed by atoms with E-state index in [0.29, 0.717) is 4.31 Å². The fraction of sp³-hybridized carbons (Fsp3) is 0.286. The number of benzene rings is 1. The van der Waals surface area contributed by atoms with Crippen LogP contribution in [-0.2, 0) is 22.7 Å². The quantitative estimate of drug-likeness (QED) is 0.400. The van der Waals surface area contributed by atoms with Crippen LogP contribution < -0.4 is 20.3 Å². The van der Waals surface area contributed by atoms with Crippen molar-refractivity contribution in [3.05, 3.63) is 59.1 Å². The van der Waals surface area contributed by atoms with Crippen LogP contribution in [0.15, 0.2) is 36.5 Å². The van der Waals surface area contributed by atoms with Crippen LogP contribution in [0, 0.1) is 6.92 Å². The van der Waals surface area contributed by atoms with Gasteiger partial charge in [-0.3, -0.25) is 14.1 Å². The lowest BCUT2D eigenvalue weighted by Crippen LogP contribution is -2.28. The van der Waals surface area contributed by atoms with E-state index < -0.39 is 99.0 Å². The van der Waals surface area contributed by atoms with E-state index in [-0.39, 0.29) is 11.9 Å². The average molecular weight is 532 g/mol. The minimum absolute atomic E-state index is 0.100. The summed E-state index contributed by atoms with van der Waals surface area (Å²) in [7, 11) is -1.86. The van der Waals surface area contributed by atoms with E-state index >= 15 is 0 Å². The van der Waals surface area contributed by atoms with Crippen molar-refractivity contribution >= 4 is 39.2 Å². The molecule has 2 heterocycles. The van der Waals surface area contributed by atoms with E-state index in [1.807, 2.05) is 5.32 Å². The molecule has 0 radical (unpaired) electrons. The van der Waals surface area contributed by atoms with Crippen molar-refractivity contribution in [2.75, 3.05) is 35.3 Å². The number of halogens is 3. The number of nitrogens with one attached hydrogen (secondary N) is 3. The average Bonchev–Trinajstić information content (AvgIpc) is 2.89. The number of sulfonamides is 1. The molecule has 15 heteroatoms. The summed E-state index contributed by atoms with van der Waals surface area (Å²) >= 11 is 0. The Bertz CT molecular complexity index is 1700.